The van der Waals surface area contributed by atoms with E-state index in [9.17, 15) is 0 Å². The Hall–Kier alpha value is -3.52. The Morgan fingerprint density at radius 2 is 0.719 bits per heavy atom. The average molecular weight is 421 g/mol. The Labute approximate surface area is 192 Å². The topological polar surface area (TPSA) is 6.48 Å². The monoisotopic (exact) mass is 420 g/mol. The molecule has 4 rings (SSSR count). The molecule has 0 aliphatic heterocycles. The molecule has 32 heavy (non-hydrogen) atoms. The molecule has 2 nitrogen and oxygen atoms in total. The second-order valence-electron chi connectivity index (χ2n) is 8.07. The maximum absolute atomic E-state index is 2.38. The van der Waals surface area contributed by atoms with Gasteiger partial charge in [0.1, 0.15) is 0 Å². The molecule has 0 heterocycles. The lowest BCUT2D eigenvalue weighted by molar-refractivity contribution is 0.885. The molecule has 0 atom stereocenters. The Bertz CT molecular complexity index is 980. The van der Waals surface area contributed by atoms with Crippen molar-refractivity contribution < 1.29 is 0 Å². The Morgan fingerprint density at radius 3 is 1.03 bits per heavy atom. The molecule has 2 heteroatoms. The highest BCUT2D eigenvalue weighted by molar-refractivity contribution is 5.72. The lowest BCUT2D eigenvalue weighted by atomic mass is 10.0. The van der Waals surface area contributed by atoms with E-state index in [4.69, 9.17) is 0 Å². The van der Waals surface area contributed by atoms with Crippen LogP contribution in [0.15, 0.2) is 109 Å². The van der Waals surface area contributed by atoms with Crippen molar-refractivity contribution in [1.29, 1.82) is 0 Å². The van der Waals surface area contributed by atoms with Crippen molar-refractivity contribution in [2.45, 2.75) is 26.7 Å². The van der Waals surface area contributed by atoms with Crippen molar-refractivity contribution in [1.82, 2.24) is 0 Å². The van der Waals surface area contributed by atoms with Crippen molar-refractivity contribution in [2.75, 3.05) is 22.9 Å². The zero-order valence-corrected chi connectivity index (χ0v) is 19.1. The normalized spacial score (nSPS) is 10.7. The molecule has 0 unspecified atom stereocenters. The molecule has 0 aliphatic rings. The van der Waals surface area contributed by atoms with Crippen LogP contribution in [0.25, 0.3) is 11.1 Å². The summed E-state index contributed by atoms with van der Waals surface area (Å²) in [5, 5.41) is 0. The third-order valence-corrected chi connectivity index (χ3v) is 5.72. The van der Waals surface area contributed by atoms with E-state index in [2.05, 4.69) is 133 Å². The SMILES string of the molecule is CCCN(c1ccccc1)c1ccc(-c2ccc(N(CCC)c3ccccc3)cc2)cc1. The van der Waals surface area contributed by atoms with Crippen LogP contribution in [0.3, 0.4) is 0 Å². The van der Waals surface area contributed by atoms with Gasteiger partial charge in [-0.3, -0.25) is 0 Å². The van der Waals surface area contributed by atoms with Crippen LogP contribution < -0.4 is 9.80 Å². The number of nitrogens with zero attached hydrogens (tertiary/aromatic N) is 2. The third kappa shape index (κ3) is 5.03. The van der Waals surface area contributed by atoms with Crippen LogP contribution in [0.5, 0.6) is 0 Å². The van der Waals surface area contributed by atoms with Gasteiger partial charge in [0.05, 0.1) is 0 Å². The molecule has 0 fully saturated rings. The summed E-state index contributed by atoms with van der Waals surface area (Å²) >= 11 is 0. The van der Waals surface area contributed by atoms with Gasteiger partial charge in [-0.15, -0.1) is 0 Å². The standard InChI is InChI=1S/C30H32N2/c1-3-23-31(27-11-7-5-8-12-27)29-19-15-25(16-20-29)26-17-21-30(22-18-26)32(24-4-2)28-13-9-6-10-14-28/h5-22H,3-4,23-24H2,1-2H3. The van der Waals surface area contributed by atoms with Gasteiger partial charge in [-0.05, 0) is 72.5 Å². The van der Waals surface area contributed by atoms with Crippen LogP contribution in [-0.2, 0) is 0 Å². The van der Waals surface area contributed by atoms with E-state index in [1.165, 1.54) is 33.9 Å². The predicted octanol–water partition coefficient (Wildman–Crippen LogP) is 8.45. The fraction of sp³-hybridized carbons (Fsp3) is 0.200. The van der Waals surface area contributed by atoms with Crippen LogP contribution in [0.1, 0.15) is 26.7 Å². The highest BCUT2D eigenvalue weighted by Gasteiger charge is 2.10. The fourth-order valence-corrected chi connectivity index (χ4v) is 4.15. The van der Waals surface area contributed by atoms with E-state index < -0.39 is 0 Å². The molecule has 0 saturated carbocycles. The summed E-state index contributed by atoms with van der Waals surface area (Å²) in [5.74, 6) is 0. The highest BCUT2D eigenvalue weighted by Crippen LogP contribution is 2.31. The van der Waals surface area contributed by atoms with Gasteiger partial charge in [0.15, 0.2) is 0 Å². The Balaban J connectivity index is 1.55. The predicted molar refractivity (Wildman–Crippen MR) is 139 cm³/mol. The first-order valence-corrected chi connectivity index (χ1v) is 11.7. The molecule has 0 aromatic heterocycles. The first-order chi connectivity index (χ1) is 15.8. The molecule has 0 spiro atoms. The zero-order valence-electron chi connectivity index (χ0n) is 19.1. The number of para-hydroxylation sites is 2. The third-order valence-electron chi connectivity index (χ3n) is 5.72. The second kappa shape index (κ2) is 10.7. The summed E-state index contributed by atoms with van der Waals surface area (Å²) in [5.41, 5.74) is 7.43. The minimum Gasteiger partial charge on any atom is -0.342 e. The van der Waals surface area contributed by atoms with Crippen LogP contribution in [0, 0.1) is 0 Å². The van der Waals surface area contributed by atoms with Gasteiger partial charge in [0, 0.05) is 35.8 Å². The number of hydrogen-bond acceptors (Lipinski definition) is 2. The smallest absolute Gasteiger partial charge is 0.0411 e. The lowest BCUT2D eigenvalue weighted by Gasteiger charge is -2.25. The quantitative estimate of drug-likeness (QED) is 0.268. The fourth-order valence-electron chi connectivity index (χ4n) is 4.15. The van der Waals surface area contributed by atoms with Crippen molar-refractivity contribution in [3.8, 4) is 11.1 Å². The van der Waals surface area contributed by atoms with Crippen molar-refractivity contribution >= 4 is 22.7 Å². The average Bonchev–Trinajstić information content (AvgIpc) is 2.87. The first kappa shape index (κ1) is 21.7. The van der Waals surface area contributed by atoms with Gasteiger partial charge in [-0.2, -0.15) is 0 Å². The van der Waals surface area contributed by atoms with E-state index in [0.29, 0.717) is 0 Å². The Kier molecular flexibility index (Phi) is 7.24. The molecule has 4 aromatic rings. The summed E-state index contributed by atoms with van der Waals surface area (Å²) in [6.45, 7) is 6.46. The van der Waals surface area contributed by atoms with Gasteiger partial charge >= 0.3 is 0 Å². The van der Waals surface area contributed by atoms with E-state index in [1.807, 2.05) is 0 Å². The van der Waals surface area contributed by atoms with Crippen LogP contribution in [0.2, 0.25) is 0 Å². The molecule has 162 valence electrons. The number of hydrogen-bond donors (Lipinski definition) is 0. The van der Waals surface area contributed by atoms with Crippen LogP contribution in [0.4, 0.5) is 22.7 Å². The zero-order chi connectivity index (χ0) is 22.2. The summed E-state index contributed by atoms with van der Waals surface area (Å²) in [7, 11) is 0. The lowest BCUT2D eigenvalue weighted by Crippen LogP contribution is -2.17. The maximum Gasteiger partial charge on any atom is 0.0411 e. The molecule has 0 bridgehead atoms. The largest absolute Gasteiger partial charge is 0.342 e. The van der Waals surface area contributed by atoms with Crippen molar-refractivity contribution in [2.24, 2.45) is 0 Å². The van der Waals surface area contributed by atoms with Crippen molar-refractivity contribution in [3.05, 3.63) is 109 Å². The van der Waals surface area contributed by atoms with Gasteiger partial charge in [0.2, 0.25) is 0 Å². The number of anilines is 4. The van der Waals surface area contributed by atoms with E-state index in [-0.39, 0.29) is 0 Å². The molecule has 0 radical (unpaired) electrons. The van der Waals surface area contributed by atoms with E-state index in [0.717, 1.165) is 25.9 Å². The van der Waals surface area contributed by atoms with Crippen molar-refractivity contribution in [3.63, 3.8) is 0 Å². The van der Waals surface area contributed by atoms with Crippen LogP contribution >= 0.6 is 0 Å². The molecule has 4 aromatic carbocycles. The van der Waals surface area contributed by atoms with Gasteiger partial charge in [-0.25, -0.2) is 0 Å². The van der Waals surface area contributed by atoms with Crippen LogP contribution in [-0.4, -0.2) is 13.1 Å². The molecule has 0 amide bonds. The summed E-state index contributed by atoms with van der Waals surface area (Å²) < 4.78 is 0. The first-order valence-electron chi connectivity index (χ1n) is 11.7. The maximum atomic E-state index is 2.38. The van der Waals surface area contributed by atoms with Gasteiger partial charge in [-0.1, -0.05) is 74.5 Å². The molecular weight excluding hydrogens is 388 g/mol. The summed E-state index contributed by atoms with van der Waals surface area (Å²) in [6, 6.07) is 39.1. The highest BCUT2D eigenvalue weighted by atomic mass is 15.1. The molecular formula is C30H32N2. The number of rotatable bonds is 9. The number of benzene rings is 4. The molecule has 0 aliphatic carbocycles. The minimum atomic E-state index is 1.00. The van der Waals surface area contributed by atoms with Gasteiger partial charge in [0.25, 0.3) is 0 Å². The minimum absolute atomic E-state index is 1.00. The van der Waals surface area contributed by atoms with E-state index in [1.54, 1.807) is 0 Å². The van der Waals surface area contributed by atoms with E-state index >= 15 is 0 Å². The van der Waals surface area contributed by atoms with Gasteiger partial charge < -0.3 is 9.80 Å². The summed E-state index contributed by atoms with van der Waals surface area (Å²) in [6.07, 6.45) is 2.21. The summed E-state index contributed by atoms with van der Waals surface area (Å²) in [4.78, 5) is 4.77. The second-order valence-corrected chi connectivity index (χ2v) is 8.07. The Morgan fingerprint density at radius 1 is 0.406 bits per heavy atom. The molecule has 0 N–H and O–H groups in total. The molecule has 0 saturated heterocycles.